The largest absolute Gasteiger partial charge is 0.295 e. The minimum absolute atomic E-state index is 0.341. The molecule has 1 aromatic carbocycles. The molecule has 0 spiro atoms. The Balaban J connectivity index is 2.18. The van der Waals surface area contributed by atoms with Crippen LogP contribution in [0.25, 0.3) is 6.08 Å². The highest BCUT2D eigenvalue weighted by molar-refractivity contribution is 6.00. The average molecular weight is 214 g/mol. The Kier molecular flexibility index (Phi) is 3.55. The van der Waals surface area contributed by atoms with Crippen LogP contribution in [0.15, 0.2) is 35.9 Å². The van der Waals surface area contributed by atoms with Crippen LogP contribution in [0.4, 0.5) is 0 Å². The van der Waals surface area contributed by atoms with E-state index in [0.29, 0.717) is 11.7 Å². The van der Waals surface area contributed by atoms with Crippen LogP contribution in [0.5, 0.6) is 0 Å². The maximum absolute atomic E-state index is 11.8. The summed E-state index contributed by atoms with van der Waals surface area (Å²) in [6.07, 6.45) is 6.01. The van der Waals surface area contributed by atoms with Crippen LogP contribution in [0.2, 0.25) is 0 Å². The number of carbonyl (C=O) groups excluding carboxylic acids is 1. The molecule has 0 heterocycles. The number of ketones is 1. The number of hydrogen-bond donors (Lipinski definition) is 0. The van der Waals surface area contributed by atoms with Crippen molar-refractivity contribution in [2.45, 2.75) is 32.6 Å². The highest BCUT2D eigenvalue weighted by Gasteiger charge is 2.21. The molecule has 1 aromatic rings. The molecular formula is C15H18O. The van der Waals surface area contributed by atoms with Gasteiger partial charge in [0.25, 0.3) is 0 Å². The van der Waals surface area contributed by atoms with E-state index in [1.165, 1.54) is 6.42 Å². The summed E-state index contributed by atoms with van der Waals surface area (Å²) >= 11 is 0. The van der Waals surface area contributed by atoms with Crippen LogP contribution >= 0.6 is 0 Å². The Bertz CT molecular complexity index is 389. The van der Waals surface area contributed by atoms with Crippen LogP contribution in [0.1, 0.15) is 38.2 Å². The topological polar surface area (TPSA) is 17.1 Å². The zero-order chi connectivity index (χ0) is 11.4. The molecule has 1 atom stereocenters. The van der Waals surface area contributed by atoms with E-state index in [4.69, 9.17) is 0 Å². The lowest BCUT2D eigenvalue weighted by molar-refractivity contribution is -0.116. The zero-order valence-electron chi connectivity index (χ0n) is 9.78. The van der Waals surface area contributed by atoms with Crippen molar-refractivity contribution in [1.82, 2.24) is 0 Å². The van der Waals surface area contributed by atoms with E-state index >= 15 is 0 Å². The quantitative estimate of drug-likeness (QED) is 0.683. The number of carbonyl (C=O) groups is 1. The monoisotopic (exact) mass is 214 g/mol. The standard InChI is InChI=1S/C15H18O/c1-2-12-8-9-15(16)14(10-12)11-13-6-4-3-5-7-13/h3-7,11-12H,2,8-10H2,1H3/b14-11-. The molecule has 0 N–H and O–H groups in total. The third-order valence-corrected chi connectivity index (χ3v) is 3.36. The molecule has 0 amide bonds. The SMILES string of the molecule is CCC1CCC(=O)/C(=C\c2ccccc2)C1. The molecule has 1 saturated carbocycles. The minimum Gasteiger partial charge on any atom is -0.295 e. The summed E-state index contributed by atoms with van der Waals surface area (Å²) in [7, 11) is 0. The second-order valence-electron chi connectivity index (χ2n) is 4.52. The molecule has 1 aliphatic carbocycles. The van der Waals surface area contributed by atoms with Gasteiger partial charge in [0.05, 0.1) is 0 Å². The molecule has 1 nitrogen and oxygen atoms in total. The van der Waals surface area contributed by atoms with Crippen LogP contribution in [-0.2, 0) is 4.79 Å². The van der Waals surface area contributed by atoms with Gasteiger partial charge in [-0.15, -0.1) is 0 Å². The lowest BCUT2D eigenvalue weighted by Gasteiger charge is -2.21. The summed E-state index contributed by atoms with van der Waals surface area (Å²) in [5, 5.41) is 0. The van der Waals surface area contributed by atoms with Gasteiger partial charge in [-0.05, 0) is 36.0 Å². The summed E-state index contributed by atoms with van der Waals surface area (Å²) in [5.74, 6) is 1.04. The summed E-state index contributed by atoms with van der Waals surface area (Å²) in [4.78, 5) is 11.8. The van der Waals surface area contributed by atoms with Crippen molar-refractivity contribution < 1.29 is 4.79 Å². The van der Waals surface area contributed by atoms with Crippen molar-refractivity contribution in [3.8, 4) is 0 Å². The summed E-state index contributed by atoms with van der Waals surface area (Å²) in [6.45, 7) is 2.21. The minimum atomic E-state index is 0.341. The molecule has 0 radical (unpaired) electrons. The molecule has 0 aromatic heterocycles. The van der Waals surface area contributed by atoms with Crippen molar-refractivity contribution in [2.75, 3.05) is 0 Å². The summed E-state index contributed by atoms with van der Waals surface area (Å²) in [6, 6.07) is 10.1. The first kappa shape index (κ1) is 11.1. The van der Waals surface area contributed by atoms with Crippen LogP contribution in [0, 0.1) is 5.92 Å². The van der Waals surface area contributed by atoms with Crippen molar-refractivity contribution in [3.05, 3.63) is 41.5 Å². The zero-order valence-corrected chi connectivity index (χ0v) is 9.78. The van der Waals surface area contributed by atoms with Crippen LogP contribution < -0.4 is 0 Å². The van der Waals surface area contributed by atoms with Crippen molar-refractivity contribution in [1.29, 1.82) is 0 Å². The maximum atomic E-state index is 11.8. The van der Waals surface area contributed by atoms with E-state index in [-0.39, 0.29) is 0 Å². The Hall–Kier alpha value is -1.37. The lowest BCUT2D eigenvalue weighted by Crippen LogP contribution is -2.16. The van der Waals surface area contributed by atoms with Gasteiger partial charge in [0.1, 0.15) is 0 Å². The fourth-order valence-electron chi connectivity index (χ4n) is 2.26. The van der Waals surface area contributed by atoms with E-state index in [9.17, 15) is 4.79 Å². The molecule has 84 valence electrons. The van der Waals surface area contributed by atoms with Gasteiger partial charge in [-0.2, -0.15) is 0 Å². The molecular weight excluding hydrogens is 196 g/mol. The number of allylic oxidation sites excluding steroid dienone is 1. The molecule has 16 heavy (non-hydrogen) atoms. The predicted octanol–water partition coefficient (Wildman–Crippen LogP) is 3.85. The highest BCUT2D eigenvalue weighted by Crippen LogP contribution is 2.29. The fraction of sp³-hybridized carbons (Fsp3) is 0.400. The lowest BCUT2D eigenvalue weighted by atomic mass is 9.82. The molecule has 1 fully saturated rings. The smallest absolute Gasteiger partial charge is 0.158 e. The van der Waals surface area contributed by atoms with E-state index in [0.717, 1.165) is 30.4 Å². The van der Waals surface area contributed by atoms with Crippen molar-refractivity contribution in [3.63, 3.8) is 0 Å². The molecule has 1 unspecified atom stereocenters. The Morgan fingerprint density at radius 3 is 2.75 bits per heavy atom. The van der Waals surface area contributed by atoms with Crippen LogP contribution in [0.3, 0.4) is 0 Å². The first-order chi connectivity index (χ1) is 7.79. The number of Topliss-reactive ketones (excluding diaryl/α,β-unsaturated/α-hetero) is 1. The normalized spacial score (nSPS) is 23.7. The fourth-order valence-corrected chi connectivity index (χ4v) is 2.26. The number of hydrogen-bond acceptors (Lipinski definition) is 1. The van der Waals surface area contributed by atoms with Gasteiger partial charge in [0, 0.05) is 6.42 Å². The highest BCUT2D eigenvalue weighted by atomic mass is 16.1. The van der Waals surface area contributed by atoms with E-state index in [1.54, 1.807) is 0 Å². The molecule has 1 heteroatoms. The molecule has 2 rings (SSSR count). The van der Waals surface area contributed by atoms with E-state index in [2.05, 4.69) is 25.1 Å². The molecule has 0 bridgehead atoms. The molecule has 1 aliphatic rings. The van der Waals surface area contributed by atoms with Gasteiger partial charge >= 0.3 is 0 Å². The van der Waals surface area contributed by atoms with Gasteiger partial charge in [-0.3, -0.25) is 4.79 Å². The van der Waals surface area contributed by atoms with Gasteiger partial charge in [-0.25, -0.2) is 0 Å². The number of rotatable bonds is 2. The molecule has 0 saturated heterocycles. The van der Waals surface area contributed by atoms with Crippen molar-refractivity contribution in [2.24, 2.45) is 5.92 Å². The summed E-state index contributed by atoms with van der Waals surface area (Å²) < 4.78 is 0. The van der Waals surface area contributed by atoms with Crippen LogP contribution in [-0.4, -0.2) is 5.78 Å². The first-order valence-corrected chi connectivity index (χ1v) is 6.08. The van der Waals surface area contributed by atoms with Gasteiger partial charge in [0.2, 0.25) is 0 Å². The van der Waals surface area contributed by atoms with Gasteiger partial charge in [-0.1, -0.05) is 43.7 Å². The molecule has 0 aliphatic heterocycles. The maximum Gasteiger partial charge on any atom is 0.158 e. The first-order valence-electron chi connectivity index (χ1n) is 6.08. The number of benzene rings is 1. The third kappa shape index (κ3) is 2.60. The van der Waals surface area contributed by atoms with E-state index in [1.807, 2.05) is 18.2 Å². The Morgan fingerprint density at radius 1 is 1.31 bits per heavy atom. The average Bonchev–Trinajstić information content (AvgIpc) is 2.33. The van der Waals surface area contributed by atoms with Crippen molar-refractivity contribution >= 4 is 11.9 Å². The van der Waals surface area contributed by atoms with E-state index < -0.39 is 0 Å². The van der Waals surface area contributed by atoms with Gasteiger partial charge < -0.3 is 0 Å². The Labute approximate surface area is 97.2 Å². The Morgan fingerprint density at radius 2 is 2.06 bits per heavy atom. The van der Waals surface area contributed by atoms with Gasteiger partial charge in [0.15, 0.2) is 5.78 Å². The second-order valence-corrected chi connectivity index (χ2v) is 4.52. The summed E-state index contributed by atoms with van der Waals surface area (Å²) in [5.41, 5.74) is 2.16. The second kappa shape index (κ2) is 5.11. The predicted molar refractivity (Wildman–Crippen MR) is 67.1 cm³/mol. The third-order valence-electron chi connectivity index (χ3n) is 3.36.